The summed E-state index contributed by atoms with van der Waals surface area (Å²) in [7, 11) is -3.14. The Morgan fingerprint density at radius 3 is 2.57 bits per heavy atom. The maximum atomic E-state index is 11.9. The molecule has 1 aromatic carbocycles. The number of anilines is 1. The van der Waals surface area contributed by atoms with Crippen LogP contribution in [-0.2, 0) is 23.1 Å². The molecular formula is C25H31N7O2S. The van der Waals surface area contributed by atoms with Gasteiger partial charge in [0.2, 0.25) is 10.0 Å². The maximum Gasteiger partial charge on any atom is 0.211 e. The summed E-state index contributed by atoms with van der Waals surface area (Å²) in [6.07, 6.45) is 8.83. The smallest absolute Gasteiger partial charge is 0.211 e. The summed E-state index contributed by atoms with van der Waals surface area (Å²) in [6.45, 7) is 5.90. The fourth-order valence-corrected chi connectivity index (χ4v) is 6.23. The molecule has 0 bridgehead atoms. The van der Waals surface area contributed by atoms with Gasteiger partial charge in [-0.05, 0) is 24.8 Å². The minimum Gasteiger partial charge on any atom is -0.356 e. The average Bonchev–Trinajstić information content (AvgIpc) is 3.51. The lowest BCUT2D eigenvalue weighted by Gasteiger charge is -2.33. The summed E-state index contributed by atoms with van der Waals surface area (Å²) in [5.74, 6) is 1.00. The second kappa shape index (κ2) is 9.00. The van der Waals surface area contributed by atoms with Crippen LogP contribution in [0.15, 0.2) is 35.5 Å². The van der Waals surface area contributed by atoms with Crippen LogP contribution in [0.5, 0.6) is 0 Å². The minimum absolute atomic E-state index is 0.519. The van der Waals surface area contributed by atoms with E-state index in [1.807, 2.05) is 16.9 Å². The molecule has 0 saturated carbocycles. The molecule has 2 aromatic heterocycles. The van der Waals surface area contributed by atoms with Gasteiger partial charge in [0.15, 0.2) is 5.65 Å². The summed E-state index contributed by atoms with van der Waals surface area (Å²) in [5.41, 5.74) is 6.52. The monoisotopic (exact) mass is 493 g/mol. The summed E-state index contributed by atoms with van der Waals surface area (Å²) in [5, 5.41) is 4.78. The number of fused-ring (bicyclic) bond motifs is 2. The van der Waals surface area contributed by atoms with Gasteiger partial charge in [0.25, 0.3) is 0 Å². The fourth-order valence-electron chi connectivity index (χ4n) is 5.41. The molecule has 3 aliphatic rings. The van der Waals surface area contributed by atoms with Crippen LogP contribution in [0.3, 0.4) is 0 Å². The predicted molar refractivity (Wildman–Crippen MR) is 137 cm³/mol. The van der Waals surface area contributed by atoms with E-state index < -0.39 is 10.0 Å². The molecule has 10 heteroatoms. The molecule has 184 valence electrons. The van der Waals surface area contributed by atoms with Gasteiger partial charge >= 0.3 is 0 Å². The minimum atomic E-state index is -3.14. The van der Waals surface area contributed by atoms with E-state index in [0.717, 1.165) is 47.9 Å². The van der Waals surface area contributed by atoms with Gasteiger partial charge in [-0.1, -0.05) is 18.2 Å². The van der Waals surface area contributed by atoms with Crippen molar-refractivity contribution in [3.8, 4) is 11.3 Å². The Kier molecular flexibility index (Phi) is 5.82. The number of aliphatic imine (C=N–C) groups is 1. The van der Waals surface area contributed by atoms with Gasteiger partial charge in [-0.15, -0.1) is 0 Å². The number of sulfonamides is 1. The normalized spacial score (nSPS) is 19.5. The van der Waals surface area contributed by atoms with Crippen molar-refractivity contribution in [3.63, 3.8) is 0 Å². The van der Waals surface area contributed by atoms with E-state index in [9.17, 15) is 8.42 Å². The van der Waals surface area contributed by atoms with Crippen LogP contribution in [0.2, 0.25) is 0 Å². The standard InChI is InChI=1S/C25H31N7O2S/c1-35(33,34)31-12-10-29(11-13-31)18-20-16-27-32-23(21-7-5-6-19-15-26-17-22(19)21)14-24(28-25(20)32)30-8-3-2-4-9-30/h5-7,14,16-17H,2-4,8-13,15,18H2,1H3. The highest BCUT2D eigenvalue weighted by atomic mass is 32.2. The van der Waals surface area contributed by atoms with Crippen molar-refractivity contribution in [1.82, 2.24) is 23.8 Å². The molecule has 35 heavy (non-hydrogen) atoms. The van der Waals surface area contributed by atoms with Gasteiger partial charge < -0.3 is 4.90 Å². The van der Waals surface area contributed by atoms with Crippen LogP contribution < -0.4 is 4.90 Å². The van der Waals surface area contributed by atoms with Crippen molar-refractivity contribution in [2.75, 3.05) is 50.4 Å². The van der Waals surface area contributed by atoms with Crippen molar-refractivity contribution >= 4 is 27.7 Å². The van der Waals surface area contributed by atoms with E-state index in [1.54, 1.807) is 4.31 Å². The molecule has 0 radical (unpaired) electrons. The molecule has 5 heterocycles. The van der Waals surface area contributed by atoms with Crippen LogP contribution in [0.4, 0.5) is 5.82 Å². The SMILES string of the molecule is CS(=O)(=O)N1CCN(Cc2cnn3c(-c4cccc5c4C=NC5)cc(N4CCCCC4)nc23)CC1. The Bertz CT molecular complexity index is 1380. The number of piperidine rings is 1. The van der Waals surface area contributed by atoms with E-state index in [-0.39, 0.29) is 0 Å². The molecule has 0 spiro atoms. The Hall–Kier alpha value is -2.82. The Labute approximate surface area is 206 Å². The average molecular weight is 494 g/mol. The van der Waals surface area contributed by atoms with Crippen LogP contribution in [-0.4, -0.2) is 84.0 Å². The van der Waals surface area contributed by atoms with E-state index in [2.05, 4.69) is 39.1 Å². The summed E-state index contributed by atoms with van der Waals surface area (Å²) in [6, 6.07) is 8.57. The van der Waals surface area contributed by atoms with E-state index in [4.69, 9.17) is 10.1 Å². The first-order valence-electron chi connectivity index (χ1n) is 12.4. The fraction of sp³-hybridized carbons (Fsp3) is 0.480. The lowest BCUT2D eigenvalue weighted by atomic mass is 10.0. The highest BCUT2D eigenvalue weighted by Crippen LogP contribution is 2.32. The third-order valence-corrected chi connectivity index (χ3v) is 8.66. The molecule has 0 atom stereocenters. The van der Waals surface area contributed by atoms with Crippen LogP contribution >= 0.6 is 0 Å². The van der Waals surface area contributed by atoms with E-state index in [1.165, 1.54) is 36.6 Å². The maximum absolute atomic E-state index is 11.9. The summed E-state index contributed by atoms with van der Waals surface area (Å²) < 4.78 is 27.3. The number of benzene rings is 1. The lowest BCUT2D eigenvalue weighted by molar-refractivity contribution is 0.182. The molecule has 0 N–H and O–H groups in total. The first kappa shape index (κ1) is 22.6. The zero-order valence-electron chi connectivity index (χ0n) is 20.1. The lowest BCUT2D eigenvalue weighted by Crippen LogP contribution is -2.47. The third-order valence-electron chi connectivity index (χ3n) is 7.36. The predicted octanol–water partition coefficient (Wildman–Crippen LogP) is 2.40. The molecule has 0 aliphatic carbocycles. The zero-order chi connectivity index (χ0) is 24.0. The largest absolute Gasteiger partial charge is 0.356 e. The molecule has 0 unspecified atom stereocenters. The molecular weight excluding hydrogens is 462 g/mol. The quantitative estimate of drug-likeness (QED) is 0.543. The Morgan fingerprint density at radius 1 is 1.00 bits per heavy atom. The van der Waals surface area contributed by atoms with Crippen molar-refractivity contribution in [3.05, 3.63) is 47.2 Å². The number of hydrogen-bond donors (Lipinski definition) is 0. The van der Waals surface area contributed by atoms with Crippen molar-refractivity contribution in [1.29, 1.82) is 0 Å². The number of hydrogen-bond acceptors (Lipinski definition) is 7. The van der Waals surface area contributed by atoms with Crippen molar-refractivity contribution in [2.45, 2.75) is 32.4 Å². The molecule has 2 fully saturated rings. The summed E-state index contributed by atoms with van der Waals surface area (Å²) in [4.78, 5) is 14.3. The number of piperazine rings is 1. The van der Waals surface area contributed by atoms with Crippen LogP contribution in [0.1, 0.15) is 36.0 Å². The van der Waals surface area contributed by atoms with Gasteiger partial charge in [-0.3, -0.25) is 9.89 Å². The Morgan fingerprint density at radius 2 is 1.80 bits per heavy atom. The second-order valence-electron chi connectivity index (χ2n) is 9.74. The van der Waals surface area contributed by atoms with E-state index in [0.29, 0.717) is 32.7 Å². The van der Waals surface area contributed by atoms with Crippen molar-refractivity contribution < 1.29 is 8.42 Å². The highest BCUT2D eigenvalue weighted by molar-refractivity contribution is 7.88. The van der Waals surface area contributed by atoms with E-state index >= 15 is 0 Å². The third kappa shape index (κ3) is 4.34. The molecule has 9 nitrogen and oxygen atoms in total. The molecule has 3 aliphatic heterocycles. The molecule has 2 saturated heterocycles. The number of nitrogens with zero attached hydrogens (tertiary/aromatic N) is 7. The van der Waals surface area contributed by atoms with Gasteiger partial charge in [-0.2, -0.15) is 9.40 Å². The van der Waals surface area contributed by atoms with Gasteiger partial charge in [0.1, 0.15) is 5.82 Å². The van der Waals surface area contributed by atoms with Crippen LogP contribution in [0, 0.1) is 0 Å². The number of rotatable bonds is 5. The number of aromatic nitrogens is 3. The topological polar surface area (TPSA) is 86.4 Å². The first-order chi connectivity index (χ1) is 17.0. The first-order valence-corrected chi connectivity index (χ1v) is 14.2. The van der Waals surface area contributed by atoms with Gasteiger partial charge in [0.05, 0.1) is 24.7 Å². The molecule has 0 amide bonds. The second-order valence-corrected chi connectivity index (χ2v) is 11.7. The molecule has 3 aromatic rings. The van der Waals surface area contributed by atoms with Gasteiger partial charge in [-0.25, -0.2) is 17.9 Å². The van der Waals surface area contributed by atoms with Crippen molar-refractivity contribution in [2.24, 2.45) is 4.99 Å². The van der Waals surface area contributed by atoms with Crippen LogP contribution in [0.25, 0.3) is 16.9 Å². The molecule has 6 rings (SSSR count). The summed E-state index contributed by atoms with van der Waals surface area (Å²) >= 11 is 0. The Balaban J connectivity index is 1.39. The zero-order valence-corrected chi connectivity index (χ0v) is 20.9. The highest BCUT2D eigenvalue weighted by Gasteiger charge is 2.25. The van der Waals surface area contributed by atoms with Gasteiger partial charge in [0, 0.05) is 74.8 Å².